The van der Waals surface area contributed by atoms with E-state index in [0.717, 1.165) is 29.6 Å². The van der Waals surface area contributed by atoms with Crippen LogP contribution in [0.15, 0.2) is 119 Å². The van der Waals surface area contributed by atoms with Crippen molar-refractivity contribution in [1.82, 2.24) is 39.1 Å². The molecule has 31 nitrogen and oxygen atoms in total. The van der Waals surface area contributed by atoms with Gasteiger partial charge in [-0.05, 0) is 161 Å². The minimum atomic E-state index is -3.35. The molecule has 0 bridgehead atoms. The highest BCUT2D eigenvalue weighted by molar-refractivity contribution is 7.91. The fraction of sp³-hybridized carbons (Fsp3) is 0.465. The van der Waals surface area contributed by atoms with Crippen molar-refractivity contribution in [2.75, 3.05) is 104 Å². The minimum absolute atomic E-state index is 0.00649. The molecule has 0 radical (unpaired) electrons. The first-order valence-electron chi connectivity index (χ1n) is 34.4. The van der Waals surface area contributed by atoms with Crippen LogP contribution < -0.4 is 30.4 Å². The van der Waals surface area contributed by atoms with Gasteiger partial charge in [0.1, 0.15) is 83.5 Å². The van der Waals surface area contributed by atoms with Crippen LogP contribution in [0.1, 0.15) is 103 Å². The molecule has 596 valence electrons. The van der Waals surface area contributed by atoms with Crippen LogP contribution in [-0.2, 0) is 108 Å². The predicted octanol–water partition coefficient (Wildman–Crippen LogP) is 13.9. The number of carbonyl (C=O) groups excluding carboxylic acids is 2. The summed E-state index contributed by atoms with van der Waals surface area (Å²) in [5.41, 5.74) is 16.2. The maximum Gasteiger partial charge on any atom is 0.351 e. The number of Topliss-reactive ketones (excluding diaryl/α,β-unsaturated/α-hetero) is 2. The third-order valence-corrected chi connectivity index (χ3v) is 23.8. The van der Waals surface area contributed by atoms with Crippen molar-refractivity contribution in [3.63, 3.8) is 0 Å². The van der Waals surface area contributed by atoms with E-state index < -0.39 is 49.4 Å². The molecule has 4 heterocycles. The monoisotopic (exact) mass is 1620 g/mol. The highest BCUT2D eigenvalue weighted by Crippen LogP contribution is 2.50. The molecule has 0 saturated heterocycles. The van der Waals surface area contributed by atoms with Crippen molar-refractivity contribution in [2.24, 2.45) is 0 Å². The lowest BCUT2D eigenvalue weighted by molar-refractivity contribution is 0.0914. The summed E-state index contributed by atoms with van der Waals surface area (Å²) in [6, 6.07) is 28.8. The first-order valence-corrected chi connectivity index (χ1v) is 46.6. The Morgan fingerprint density at radius 2 is 0.833 bits per heavy atom. The Hall–Kier alpha value is -7.60. The number of sulfone groups is 2. The number of anilines is 2. The molecule has 3 unspecified atom stereocenters. The van der Waals surface area contributed by atoms with Crippen LogP contribution in [0.5, 0.6) is 34.5 Å². The number of nitrogens with two attached hydrogens (primary N) is 2. The molecule has 4 aromatic carbocycles. The zero-order chi connectivity index (χ0) is 80.5. The Morgan fingerprint density at radius 3 is 1.22 bits per heavy atom. The summed E-state index contributed by atoms with van der Waals surface area (Å²) in [4.78, 5) is 27.1. The summed E-state index contributed by atoms with van der Waals surface area (Å²) in [6.07, 6.45) is 2.23. The predicted molar refractivity (Wildman–Crippen MR) is 415 cm³/mol. The number of rotatable bonds is 38. The van der Waals surface area contributed by atoms with Gasteiger partial charge in [-0.15, -0.1) is 0 Å². The van der Waals surface area contributed by atoms with E-state index in [1.807, 2.05) is 41.5 Å². The van der Waals surface area contributed by atoms with Crippen molar-refractivity contribution in [3.05, 3.63) is 154 Å². The zero-order valence-electron chi connectivity index (χ0n) is 64.7. The second-order valence-electron chi connectivity index (χ2n) is 25.3. The molecule has 8 aromatic rings. The lowest BCUT2D eigenvalue weighted by atomic mass is 10.1. The van der Waals surface area contributed by atoms with Gasteiger partial charge in [-0.3, -0.25) is 41.9 Å². The lowest BCUT2D eigenvalue weighted by Crippen LogP contribution is -2.18. The van der Waals surface area contributed by atoms with Gasteiger partial charge in [0, 0.05) is 99.2 Å². The maximum absolute atomic E-state index is 13.4. The molecule has 0 amide bonds. The number of hydrogen-bond acceptors (Lipinski definition) is 27. The van der Waals surface area contributed by atoms with Crippen LogP contribution in [-0.4, -0.2) is 173 Å². The van der Waals surface area contributed by atoms with E-state index in [4.69, 9.17) is 62.5 Å². The average Bonchev–Trinajstić information content (AvgIpc) is 1.19. The van der Waals surface area contributed by atoms with Crippen molar-refractivity contribution in [2.45, 2.75) is 136 Å². The normalized spacial score (nSPS) is 13.9. The number of ketones is 2. The molecule has 0 spiro atoms. The van der Waals surface area contributed by atoms with Gasteiger partial charge in [0.25, 0.3) is 0 Å². The lowest BCUT2D eigenvalue weighted by Gasteiger charge is -2.17. The Morgan fingerprint density at radius 1 is 0.454 bits per heavy atom. The summed E-state index contributed by atoms with van der Waals surface area (Å²) in [5.74, 6) is 2.78. The number of hydrogen-bond donors (Lipinski definition) is 2. The second kappa shape index (κ2) is 41.4. The van der Waals surface area contributed by atoms with E-state index in [1.54, 1.807) is 168 Å². The number of nitrogen functional groups attached to an aromatic ring is 2. The molecule has 4 N–H and O–H groups in total. The molecular weight excluding hydrogens is 1520 g/mol. The highest BCUT2D eigenvalue weighted by atomic mass is 32.2. The smallest absolute Gasteiger partial charge is 0.351 e. The van der Waals surface area contributed by atoms with Gasteiger partial charge in [-0.2, -0.15) is 20.4 Å². The summed E-state index contributed by atoms with van der Waals surface area (Å²) >= 11 is 0. The van der Waals surface area contributed by atoms with E-state index in [2.05, 4.69) is 20.4 Å². The van der Waals surface area contributed by atoms with E-state index >= 15 is 0 Å². The van der Waals surface area contributed by atoms with Crippen LogP contribution in [0.4, 0.5) is 11.6 Å². The Balaban J connectivity index is 0.000000282. The molecule has 5 atom stereocenters. The van der Waals surface area contributed by atoms with E-state index in [9.17, 15) is 44.7 Å². The van der Waals surface area contributed by atoms with Crippen molar-refractivity contribution < 1.29 is 95.7 Å². The van der Waals surface area contributed by atoms with Gasteiger partial charge in [0.05, 0.1) is 86.0 Å². The number of ether oxygens (including phenoxy) is 6. The summed E-state index contributed by atoms with van der Waals surface area (Å²) in [6.45, 7) is 27.1. The summed E-state index contributed by atoms with van der Waals surface area (Å²) in [5, 5.41) is 17.0. The fourth-order valence-electron chi connectivity index (χ4n) is 10.4. The van der Waals surface area contributed by atoms with Crippen LogP contribution in [0, 0.1) is 27.7 Å². The summed E-state index contributed by atoms with van der Waals surface area (Å²) in [7, 11) is -15.1. The molecular formula is C71H104N10O21P4S2. The number of carbonyl (C=O) groups is 2. The van der Waals surface area contributed by atoms with Gasteiger partial charge in [0.15, 0.2) is 31.2 Å². The van der Waals surface area contributed by atoms with E-state index in [-0.39, 0.29) is 71.6 Å². The quantitative estimate of drug-likeness (QED) is 0.0268. The summed E-state index contributed by atoms with van der Waals surface area (Å²) < 4.78 is 163. The molecule has 4 aromatic heterocycles. The van der Waals surface area contributed by atoms with Crippen LogP contribution >= 0.6 is 29.7 Å². The SMILES string of the molecule is CCOP(=O)(Cn1nc(N)cc1C)OCC.CCOP(C)(=O)Cn1nc(C)cc1CC(=O)c1cc(Oc2ccc(S(C)(=O)=O)cc2)cc(O[C@@H](C)COC)c1.CCOP(C)(=O)Cn1nc(C)cc1N.CCOP(C)(=O)Cn1nc(CC(=O)c2cc(Oc3ccc(S(C)(=O)=O)cc3)cc(O[C@@H](C)COC)c2)cc1C. The maximum atomic E-state index is 13.4. The first kappa shape index (κ1) is 91.0. The molecule has 108 heavy (non-hydrogen) atoms. The van der Waals surface area contributed by atoms with E-state index in [1.165, 1.54) is 28.9 Å². The van der Waals surface area contributed by atoms with Crippen molar-refractivity contribution >= 4 is 72.6 Å². The Kier molecular flexibility index (Phi) is 34.9. The van der Waals surface area contributed by atoms with E-state index in [0.29, 0.717) is 121 Å². The van der Waals surface area contributed by atoms with Gasteiger partial charge in [-0.1, -0.05) is 0 Å². The zero-order valence-corrected chi connectivity index (χ0v) is 69.9. The number of aryl methyl sites for hydroxylation is 4. The van der Waals surface area contributed by atoms with Crippen LogP contribution in [0.25, 0.3) is 0 Å². The van der Waals surface area contributed by atoms with Crippen LogP contribution in [0.2, 0.25) is 0 Å². The van der Waals surface area contributed by atoms with Crippen molar-refractivity contribution in [3.8, 4) is 34.5 Å². The van der Waals surface area contributed by atoms with Gasteiger partial charge in [-0.25, -0.2) is 21.5 Å². The topological polar surface area (TPSA) is 396 Å². The number of aromatic nitrogens is 8. The number of methoxy groups -OCH3 is 2. The third kappa shape index (κ3) is 30.7. The largest absolute Gasteiger partial charge is 0.488 e. The Labute approximate surface area is 633 Å². The highest BCUT2D eigenvalue weighted by Gasteiger charge is 2.27. The molecule has 0 aliphatic rings. The standard InChI is InChI=1S/2C27H35N2O8PS.C9H18N3O3P.C8H16N3O2P/c1-7-35-38(5,31)18-29-19(2)12-22(28-29)15-27(30)21-13-24(36-20(3)17-34-4)16-25(14-21)37-23-8-10-26(11-9-23)39(6,32)33;1-7-35-38(5,31)18-29-22(12-19(2)28-29)15-27(30)21-13-24(36-20(3)17-34-4)16-25(14-21)37-23-8-10-26(11-9-23)39(6,32)33;1-4-14-16(13,15-5-2)7-12-8(3)6-9(10)11-12;1-4-13-14(3,12)6-11-8(9)5-7(2)10-11/h2*8-14,16,20H,7,15,17-18H2,1-6H3;6H,4-5,7H2,1-3H3,(H2,10,11);5H,4,6,9H2,1-3H3/t2*20-,38?;;/m00../s1. The van der Waals surface area contributed by atoms with Crippen molar-refractivity contribution in [1.29, 1.82) is 0 Å². The molecule has 0 aliphatic carbocycles. The molecule has 0 fully saturated rings. The number of benzene rings is 4. The van der Waals surface area contributed by atoms with Gasteiger partial charge < -0.3 is 62.5 Å². The molecule has 0 aliphatic heterocycles. The molecule has 0 saturated carbocycles. The Bertz CT molecular complexity index is 4710. The minimum Gasteiger partial charge on any atom is -0.488 e. The number of nitrogens with zero attached hydrogens (tertiary/aromatic N) is 8. The molecule has 37 heteroatoms. The molecule has 8 rings (SSSR count). The van der Waals surface area contributed by atoms with Gasteiger partial charge in [0.2, 0.25) is 22.1 Å². The first-order chi connectivity index (χ1) is 50.5. The fourth-order valence-corrected chi connectivity index (χ4v) is 17.4. The average molecular weight is 1620 g/mol. The van der Waals surface area contributed by atoms with Crippen LogP contribution in [0.3, 0.4) is 0 Å². The second-order valence-corrected chi connectivity index (χ2v) is 39.1. The third-order valence-electron chi connectivity index (χ3n) is 14.8. The van der Waals surface area contributed by atoms with Gasteiger partial charge >= 0.3 is 7.60 Å².